The highest BCUT2D eigenvalue weighted by atomic mass is 32.1. The van der Waals surface area contributed by atoms with Gasteiger partial charge in [0.1, 0.15) is 22.6 Å². The molecule has 1 aliphatic heterocycles. The second-order valence-electron chi connectivity index (χ2n) is 5.54. The van der Waals surface area contributed by atoms with Gasteiger partial charge in [-0.05, 0) is 26.7 Å². The number of carbonyl (C=O) groups excluding carboxylic acids is 1. The first kappa shape index (κ1) is 13.4. The fourth-order valence-electron chi connectivity index (χ4n) is 2.27. The highest BCUT2D eigenvalue weighted by molar-refractivity contribution is 7.15. The molecule has 8 nitrogen and oxygen atoms in total. The number of nitrogens with zero attached hydrogens (tertiary/aromatic N) is 4. The number of amides is 1. The van der Waals surface area contributed by atoms with Crippen molar-refractivity contribution in [2.45, 2.75) is 38.6 Å². The summed E-state index contributed by atoms with van der Waals surface area (Å²) in [6, 6.07) is -0.322. The molecule has 0 saturated heterocycles. The highest BCUT2D eigenvalue weighted by Gasteiger charge is 2.29. The third-order valence-electron chi connectivity index (χ3n) is 3.61. The van der Waals surface area contributed by atoms with Gasteiger partial charge in [0, 0.05) is 5.92 Å². The van der Waals surface area contributed by atoms with Crippen LogP contribution in [0.3, 0.4) is 0 Å². The second-order valence-corrected chi connectivity index (χ2v) is 6.55. The summed E-state index contributed by atoms with van der Waals surface area (Å²) in [5.41, 5.74) is 0.553. The minimum absolute atomic E-state index is 0.112. The van der Waals surface area contributed by atoms with Crippen LogP contribution in [-0.4, -0.2) is 32.1 Å². The largest absolute Gasteiger partial charge is 0.357 e. The van der Waals surface area contributed by atoms with Gasteiger partial charge in [-0.15, -0.1) is 10.2 Å². The van der Waals surface area contributed by atoms with Crippen LogP contribution in [0.5, 0.6) is 0 Å². The number of hydrogen-bond donors (Lipinski definition) is 3. The Balaban J connectivity index is 1.67. The summed E-state index contributed by atoms with van der Waals surface area (Å²) in [5, 5.41) is 19.1. The van der Waals surface area contributed by atoms with Crippen molar-refractivity contribution in [1.29, 1.82) is 0 Å². The van der Waals surface area contributed by atoms with Crippen molar-refractivity contribution in [2.24, 2.45) is 0 Å². The van der Waals surface area contributed by atoms with Crippen LogP contribution < -0.4 is 16.0 Å². The van der Waals surface area contributed by atoms with Crippen molar-refractivity contribution in [3.05, 3.63) is 10.8 Å². The Hall–Kier alpha value is -2.29. The minimum Gasteiger partial charge on any atom is -0.357 e. The number of anilines is 4. The first-order chi connectivity index (χ1) is 10.6. The lowest BCUT2D eigenvalue weighted by atomic mass is 10.2. The molecule has 9 heteroatoms. The maximum absolute atomic E-state index is 11.9. The van der Waals surface area contributed by atoms with E-state index in [4.69, 9.17) is 0 Å². The van der Waals surface area contributed by atoms with Gasteiger partial charge in [-0.25, -0.2) is 9.97 Å². The van der Waals surface area contributed by atoms with Gasteiger partial charge in [0.05, 0.1) is 0 Å². The van der Waals surface area contributed by atoms with Gasteiger partial charge in [0.15, 0.2) is 11.6 Å². The summed E-state index contributed by atoms with van der Waals surface area (Å²) in [7, 11) is 0. The van der Waals surface area contributed by atoms with Crippen LogP contribution in [0.4, 0.5) is 22.5 Å². The zero-order chi connectivity index (χ0) is 15.3. The average molecular weight is 317 g/mol. The molecule has 2 aliphatic rings. The number of aryl methyl sites for hydroxylation is 1. The molecule has 1 aliphatic carbocycles. The van der Waals surface area contributed by atoms with Crippen LogP contribution in [0.1, 0.15) is 36.5 Å². The van der Waals surface area contributed by atoms with Crippen LogP contribution in [-0.2, 0) is 4.79 Å². The maximum atomic E-state index is 11.9. The average Bonchev–Trinajstić information content (AvgIpc) is 3.22. The summed E-state index contributed by atoms with van der Waals surface area (Å²) in [5.74, 6) is 2.22. The van der Waals surface area contributed by atoms with E-state index in [1.807, 2.05) is 6.92 Å². The van der Waals surface area contributed by atoms with E-state index in [0.717, 1.165) is 5.01 Å². The lowest BCUT2D eigenvalue weighted by Crippen LogP contribution is -2.37. The van der Waals surface area contributed by atoms with E-state index >= 15 is 0 Å². The molecule has 1 fully saturated rings. The molecule has 2 aromatic heterocycles. The summed E-state index contributed by atoms with van der Waals surface area (Å²) in [6.07, 6.45) is 2.38. The van der Waals surface area contributed by atoms with E-state index in [0.29, 0.717) is 34.2 Å². The minimum atomic E-state index is -0.322. The molecule has 0 aromatic carbocycles. The van der Waals surface area contributed by atoms with E-state index in [-0.39, 0.29) is 11.9 Å². The maximum Gasteiger partial charge on any atom is 0.246 e. The standard InChI is InChI=1S/C13H15N7OS/c1-5-11(21)17-8-9(14-5)15-6(2)16-10(8)18-13-20-19-12(22-13)7-3-4-7/h5,7H,3-4H2,1-2H3,(H,17,21)(H2,14,15,16,18,20). The van der Waals surface area contributed by atoms with Gasteiger partial charge in [-0.1, -0.05) is 11.3 Å². The molecule has 114 valence electrons. The van der Waals surface area contributed by atoms with Crippen LogP contribution >= 0.6 is 11.3 Å². The van der Waals surface area contributed by atoms with Crippen molar-refractivity contribution >= 4 is 39.7 Å². The van der Waals surface area contributed by atoms with Crippen molar-refractivity contribution < 1.29 is 4.79 Å². The summed E-state index contributed by atoms with van der Waals surface area (Å²) >= 11 is 1.53. The van der Waals surface area contributed by atoms with Crippen LogP contribution in [0.2, 0.25) is 0 Å². The Labute approximate surface area is 130 Å². The summed E-state index contributed by atoms with van der Waals surface area (Å²) < 4.78 is 0. The van der Waals surface area contributed by atoms with Gasteiger partial charge in [0.25, 0.3) is 0 Å². The van der Waals surface area contributed by atoms with Gasteiger partial charge in [0.2, 0.25) is 11.0 Å². The lowest BCUT2D eigenvalue weighted by Gasteiger charge is -2.24. The molecular formula is C13H15N7OS. The number of nitrogens with one attached hydrogen (secondary N) is 3. The molecule has 0 radical (unpaired) electrons. The Morgan fingerprint density at radius 1 is 1.27 bits per heavy atom. The van der Waals surface area contributed by atoms with E-state index in [1.54, 1.807) is 6.92 Å². The zero-order valence-electron chi connectivity index (χ0n) is 12.2. The normalized spacial score (nSPS) is 20.1. The van der Waals surface area contributed by atoms with E-state index in [2.05, 4.69) is 36.1 Å². The molecule has 2 aromatic rings. The zero-order valence-corrected chi connectivity index (χ0v) is 13.0. The SMILES string of the molecule is Cc1nc(Nc2nnc(C3CC3)s2)c2c(n1)NC(C)C(=O)N2. The quantitative estimate of drug-likeness (QED) is 0.795. The summed E-state index contributed by atoms with van der Waals surface area (Å²) in [4.78, 5) is 20.6. The molecule has 1 unspecified atom stereocenters. The third-order valence-corrected chi connectivity index (χ3v) is 4.61. The molecule has 4 rings (SSSR count). The van der Waals surface area contributed by atoms with Gasteiger partial charge >= 0.3 is 0 Å². The van der Waals surface area contributed by atoms with Gasteiger partial charge < -0.3 is 16.0 Å². The molecule has 22 heavy (non-hydrogen) atoms. The first-order valence-electron chi connectivity index (χ1n) is 7.16. The predicted molar refractivity (Wildman–Crippen MR) is 83.7 cm³/mol. The van der Waals surface area contributed by atoms with E-state index in [1.165, 1.54) is 24.2 Å². The number of fused-ring (bicyclic) bond motifs is 1. The van der Waals surface area contributed by atoms with Crippen LogP contribution in [0.15, 0.2) is 0 Å². The Morgan fingerprint density at radius 3 is 2.86 bits per heavy atom. The second kappa shape index (κ2) is 4.87. The Kier molecular flexibility index (Phi) is 2.96. The number of aromatic nitrogens is 4. The molecule has 1 saturated carbocycles. The molecule has 1 atom stereocenters. The fraction of sp³-hybridized carbons (Fsp3) is 0.462. The molecular weight excluding hydrogens is 302 g/mol. The van der Waals surface area contributed by atoms with Crippen LogP contribution in [0, 0.1) is 6.92 Å². The highest BCUT2D eigenvalue weighted by Crippen LogP contribution is 2.42. The Bertz CT molecular complexity index is 755. The van der Waals surface area contributed by atoms with Gasteiger partial charge in [-0.3, -0.25) is 4.79 Å². The van der Waals surface area contributed by atoms with Crippen molar-refractivity contribution in [2.75, 3.05) is 16.0 Å². The third kappa shape index (κ3) is 2.37. The van der Waals surface area contributed by atoms with Crippen LogP contribution in [0.25, 0.3) is 0 Å². The molecule has 3 N–H and O–H groups in total. The van der Waals surface area contributed by atoms with Crippen molar-refractivity contribution in [1.82, 2.24) is 20.2 Å². The fourth-order valence-corrected chi connectivity index (χ4v) is 3.18. The first-order valence-corrected chi connectivity index (χ1v) is 7.98. The number of rotatable bonds is 3. The topological polar surface area (TPSA) is 105 Å². The number of hydrogen-bond acceptors (Lipinski definition) is 8. The molecule has 0 bridgehead atoms. The molecule has 1 amide bonds. The van der Waals surface area contributed by atoms with Crippen molar-refractivity contribution in [3.8, 4) is 0 Å². The summed E-state index contributed by atoms with van der Waals surface area (Å²) in [6.45, 7) is 3.60. The number of carbonyl (C=O) groups is 1. The predicted octanol–water partition coefficient (Wildman–Crippen LogP) is 2.01. The van der Waals surface area contributed by atoms with E-state index in [9.17, 15) is 4.79 Å². The molecule has 3 heterocycles. The lowest BCUT2D eigenvalue weighted by molar-refractivity contribution is -0.116. The van der Waals surface area contributed by atoms with Crippen molar-refractivity contribution in [3.63, 3.8) is 0 Å². The Morgan fingerprint density at radius 2 is 2.09 bits per heavy atom. The molecule has 0 spiro atoms. The van der Waals surface area contributed by atoms with E-state index < -0.39 is 0 Å². The monoisotopic (exact) mass is 317 g/mol. The smallest absolute Gasteiger partial charge is 0.246 e. The van der Waals surface area contributed by atoms with Gasteiger partial charge in [-0.2, -0.15) is 0 Å².